The molecule has 2 aromatic rings. The van der Waals surface area contributed by atoms with Crippen molar-refractivity contribution in [1.29, 1.82) is 0 Å². The third-order valence-electron chi connectivity index (χ3n) is 5.29. The molecule has 0 radical (unpaired) electrons. The molecule has 1 aliphatic heterocycles. The van der Waals surface area contributed by atoms with Crippen molar-refractivity contribution in [1.82, 2.24) is 9.62 Å². The van der Waals surface area contributed by atoms with Gasteiger partial charge in [-0.15, -0.1) is 0 Å². The minimum absolute atomic E-state index is 0.0607. The van der Waals surface area contributed by atoms with Crippen LogP contribution in [0.2, 0.25) is 0 Å². The second-order valence-electron chi connectivity index (χ2n) is 7.40. The zero-order valence-electron chi connectivity index (χ0n) is 18.1. The summed E-state index contributed by atoms with van der Waals surface area (Å²) in [5, 5.41) is 0. The molecule has 31 heavy (non-hydrogen) atoms. The van der Waals surface area contributed by atoms with E-state index in [9.17, 15) is 13.2 Å². The summed E-state index contributed by atoms with van der Waals surface area (Å²) in [4.78, 5) is 14.6. The Kier molecular flexibility index (Phi) is 7.92. The number of amides is 1. The number of likely N-dealkylation sites (tertiary alicyclic amines) is 1. The van der Waals surface area contributed by atoms with Crippen LogP contribution in [0.1, 0.15) is 42.1 Å². The van der Waals surface area contributed by atoms with Gasteiger partial charge >= 0.3 is 0 Å². The zero-order valence-corrected chi connectivity index (χ0v) is 18.9. The number of rotatable bonds is 10. The highest BCUT2D eigenvalue weighted by molar-refractivity contribution is 7.89. The summed E-state index contributed by atoms with van der Waals surface area (Å²) >= 11 is 0. The topological polar surface area (TPSA) is 84.9 Å². The zero-order chi connectivity index (χ0) is 22.3. The Morgan fingerprint density at radius 1 is 1.10 bits per heavy atom. The number of methoxy groups -OCH3 is 1. The third kappa shape index (κ3) is 5.77. The van der Waals surface area contributed by atoms with Gasteiger partial charge in [0.25, 0.3) is 5.91 Å². The van der Waals surface area contributed by atoms with Crippen LogP contribution in [0.3, 0.4) is 0 Å². The number of carbonyl (C=O) groups is 1. The lowest BCUT2D eigenvalue weighted by molar-refractivity contribution is 0.0789. The first-order valence-electron chi connectivity index (χ1n) is 10.6. The number of benzene rings is 2. The van der Waals surface area contributed by atoms with E-state index >= 15 is 0 Å². The van der Waals surface area contributed by atoms with Crippen molar-refractivity contribution in [3.8, 4) is 11.5 Å². The second kappa shape index (κ2) is 10.6. The summed E-state index contributed by atoms with van der Waals surface area (Å²) in [7, 11) is -2.27. The van der Waals surface area contributed by atoms with Gasteiger partial charge in [-0.1, -0.05) is 18.2 Å². The van der Waals surface area contributed by atoms with Gasteiger partial charge in [0.15, 0.2) is 0 Å². The molecule has 1 saturated heterocycles. The number of nitrogens with zero attached hydrogens (tertiary/aromatic N) is 1. The normalized spacial score (nSPS) is 13.9. The van der Waals surface area contributed by atoms with E-state index in [1.54, 1.807) is 4.90 Å². The van der Waals surface area contributed by atoms with E-state index in [4.69, 9.17) is 9.47 Å². The highest BCUT2D eigenvalue weighted by Gasteiger charge is 2.25. The number of nitrogens with one attached hydrogen (secondary N) is 1. The van der Waals surface area contributed by atoms with Crippen LogP contribution in [-0.2, 0) is 16.4 Å². The summed E-state index contributed by atoms with van der Waals surface area (Å²) in [6, 6.07) is 12.2. The molecule has 8 heteroatoms. The molecular formula is C23H30N2O5S. The van der Waals surface area contributed by atoms with Crippen LogP contribution >= 0.6 is 0 Å². The van der Waals surface area contributed by atoms with Gasteiger partial charge in [0, 0.05) is 19.6 Å². The van der Waals surface area contributed by atoms with Crippen molar-refractivity contribution in [3.05, 3.63) is 53.6 Å². The predicted octanol–water partition coefficient (Wildman–Crippen LogP) is 3.24. The fourth-order valence-electron chi connectivity index (χ4n) is 3.69. The number of para-hydroxylation sites is 1. The predicted molar refractivity (Wildman–Crippen MR) is 119 cm³/mol. The van der Waals surface area contributed by atoms with Gasteiger partial charge in [-0.05, 0) is 62.4 Å². The van der Waals surface area contributed by atoms with E-state index in [0.29, 0.717) is 38.3 Å². The van der Waals surface area contributed by atoms with Gasteiger partial charge < -0.3 is 14.4 Å². The molecule has 0 aliphatic carbocycles. The van der Waals surface area contributed by atoms with Crippen molar-refractivity contribution in [2.45, 2.75) is 37.5 Å². The molecule has 0 atom stereocenters. The highest BCUT2D eigenvalue weighted by Crippen LogP contribution is 2.25. The molecule has 1 heterocycles. The molecule has 1 amide bonds. The lowest BCUT2D eigenvalue weighted by Gasteiger charge is -2.18. The van der Waals surface area contributed by atoms with Crippen molar-refractivity contribution in [2.24, 2.45) is 0 Å². The monoisotopic (exact) mass is 446 g/mol. The Bertz CT molecular complexity index is 1000. The van der Waals surface area contributed by atoms with E-state index in [2.05, 4.69) is 4.72 Å². The van der Waals surface area contributed by atoms with Crippen molar-refractivity contribution < 1.29 is 22.7 Å². The molecule has 0 saturated carbocycles. The summed E-state index contributed by atoms with van der Waals surface area (Å²) in [5.41, 5.74) is 1.32. The Morgan fingerprint density at radius 2 is 1.84 bits per heavy atom. The first-order chi connectivity index (χ1) is 15.0. The maximum absolute atomic E-state index is 12.8. The van der Waals surface area contributed by atoms with Crippen molar-refractivity contribution in [3.63, 3.8) is 0 Å². The quantitative estimate of drug-likeness (QED) is 0.567. The Labute approximate surface area is 184 Å². The molecule has 1 fully saturated rings. The largest absolute Gasteiger partial charge is 0.496 e. The third-order valence-corrected chi connectivity index (χ3v) is 6.75. The van der Waals surface area contributed by atoms with E-state index in [0.717, 1.165) is 24.2 Å². The minimum Gasteiger partial charge on any atom is -0.496 e. The minimum atomic E-state index is -3.75. The van der Waals surface area contributed by atoms with E-state index in [-0.39, 0.29) is 22.9 Å². The van der Waals surface area contributed by atoms with Crippen molar-refractivity contribution >= 4 is 15.9 Å². The van der Waals surface area contributed by atoms with Gasteiger partial charge in [0.1, 0.15) is 11.5 Å². The van der Waals surface area contributed by atoms with Gasteiger partial charge in [-0.3, -0.25) is 4.79 Å². The molecule has 168 valence electrons. The second-order valence-corrected chi connectivity index (χ2v) is 9.17. The molecule has 0 aromatic heterocycles. The molecule has 1 aliphatic rings. The van der Waals surface area contributed by atoms with E-state index in [1.807, 2.05) is 31.2 Å². The van der Waals surface area contributed by atoms with Crippen LogP contribution in [0.5, 0.6) is 11.5 Å². The molecule has 0 spiro atoms. The molecule has 0 bridgehead atoms. The Balaban J connectivity index is 1.66. The molecule has 0 unspecified atom stereocenters. The summed E-state index contributed by atoms with van der Waals surface area (Å²) in [6.07, 6.45) is 3.24. The molecule has 1 N–H and O–H groups in total. The number of hydrogen-bond acceptors (Lipinski definition) is 5. The highest BCUT2D eigenvalue weighted by atomic mass is 32.2. The van der Waals surface area contributed by atoms with Crippen LogP contribution in [0.15, 0.2) is 47.4 Å². The summed E-state index contributed by atoms with van der Waals surface area (Å²) < 4.78 is 39.2. The fourth-order valence-corrected chi connectivity index (χ4v) is 4.79. The number of aryl methyl sites for hydroxylation is 1. The Morgan fingerprint density at radius 3 is 2.55 bits per heavy atom. The first kappa shape index (κ1) is 23.1. The lowest BCUT2D eigenvalue weighted by atomic mass is 10.1. The number of hydrogen-bond donors (Lipinski definition) is 1. The average molecular weight is 447 g/mol. The van der Waals surface area contributed by atoms with Gasteiger partial charge in [0.05, 0.1) is 24.2 Å². The standard InChI is InChI=1S/C23H30N2O5S/c1-3-30-21-11-5-4-9-18(21)10-8-14-24-31(27,28)19-12-13-22(29-2)20(17-19)23(26)25-15-6-7-16-25/h4-5,9,11-13,17,24H,3,6-8,10,14-16H2,1-2H3. The smallest absolute Gasteiger partial charge is 0.257 e. The fraction of sp³-hybridized carbons (Fsp3) is 0.435. The van der Waals surface area contributed by atoms with Crippen LogP contribution in [0.4, 0.5) is 0 Å². The van der Waals surface area contributed by atoms with Crippen LogP contribution in [-0.4, -0.2) is 52.6 Å². The maximum Gasteiger partial charge on any atom is 0.257 e. The molecule has 2 aromatic carbocycles. The molecular weight excluding hydrogens is 416 g/mol. The molecule has 7 nitrogen and oxygen atoms in total. The summed E-state index contributed by atoms with van der Waals surface area (Å²) in [5.74, 6) is 1.01. The van der Waals surface area contributed by atoms with E-state index in [1.165, 1.54) is 25.3 Å². The van der Waals surface area contributed by atoms with Gasteiger partial charge in [-0.25, -0.2) is 13.1 Å². The number of carbonyl (C=O) groups excluding carboxylic acids is 1. The number of sulfonamides is 1. The van der Waals surface area contributed by atoms with Crippen LogP contribution in [0.25, 0.3) is 0 Å². The van der Waals surface area contributed by atoms with Gasteiger partial charge in [0.2, 0.25) is 10.0 Å². The summed E-state index contributed by atoms with van der Waals surface area (Å²) in [6.45, 7) is 4.16. The first-order valence-corrected chi connectivity index (χ1v) is 12.1. The molecule has 3 rings (SSSR count). The maximum atomic E-state index is 12.8. The van der Waals surface area contributed by atoms with Crippen LogP contribution in [0, 0.1) is 0 Å². The lowest BCUT2D eigenvalue weighted by Crippen LogP contribution is -2.29. The van der Waals surface area contributed by atoms with E-state index < -0.39 is 10.0 Å². The number of ether oxygens (including phenoxy) is 2. The SMILES string of the molecule is CCOc1ccccc1CCCNS(=O)(=O)c1ccc(OC)c(C(=O)N2CCCC2)c1. The Hall–Kier alpha value is -2.58. The average Bonchev–Trinajstić information content (AvgIpc) is 3.32. The van der Waals surface area contributed by atoms with Gasteiger partial charge in [-0.2, -0.15) is 0 Å². The van der Waals surface area contributed by atoms with Crippen LogP contribution < -0.4 is 14.2 Å². The van der Waals surface area contributed by atoms with Crippen molar-refractivity contribution in [2.75, 3.05) is 33.4 Å².